The van der Waals surface area contributed by atoms with E-state index in [1.165, 1.54) is 13.2 Å². The Morgan fingerprint density at radius 3 is 2.31 bits per heavy atom. The molecule has 0 saturated heterocycles. The molecule has 0 unspecified atom stereocenters. The van der Waals surface area contributed by atoms with E-state index in [0.29, 0.717) is 17.9 Å². The van der Waals surface area contributed by atoms with E-state index in [0.717, 1.165) is 5.56 Å². The highest BCUT2D eigenvalue weighted by Gasteiger charge is 2.29. The second kappa shape index (κ2) is 9.11. The number of aromatic nitrogens is 2. The highest BCUT2D eigenvalue weighted by atomic mass is 19.4. The molecule has 6 nitrogen and oxygen atoms in total. The van der Waals surface area contributed by atoms with Crippen LogP contribution in [0.2, 0.25) is 0 Å². The Bertz CT molecular complexity index is 832. The fourth-order valence-corrected chi connectivity index (χ4v) is 2.41. The van der Waals surface area contributed by atoms with Gasteiger partial charge in [0.05, 0.1) is 25.2 Å². The average Bonchev–Trinajstić information content (AvgIpc) is 2.64. The summed E-state index contributed by atoms with van der Waals surface area (Å²) in [6.45, 7) is 4.58. The summed E-state index contributed by atoms with van der Waals surface area (Å²) in [5, 5.41) is 2.72. The normalized spacial score (nSPS) is 11.8. The van der Waals surface area contributed by atoms with E-state index in [-0.39, 0.29) is 29.2 Å². The number of methoxy groups -OCH3 is 1. The van der Waals surface area contributed by atoms with Crippen molar-refractivity contribution in [3.8, 4) is 11.5 Å². The van der Waals surface area contributed by atoms with Crippen LogP contribution in [0.1, 0.15) is 38.6 Å². The van der Waals surface area contributed by atoms with Gasteiger partial charge in [0.2, 0.25) is 5.91 Å². The number of halogens is 3. The Hall–Kier alpha value is -2.84. The predicted molar refractivity (Wildman–Crippen MR) is 102 cm³/mol. The van der Waals surface area contributed by atoms with Crippen LogP contribution in [0.4, 0.5) is 18.9 Å². The molecule has 0 aliphatic carbocycles. The van der Waals surface area contributed by atoms with Crippen LogP contribution < -0.4 is 14.8 Å². The van der Waals surface area contributed by atoms with E-state index < -0.39 is 12.8 Å². The van der Waals surface area contributed by atoms with Crippen LogP contribution in [-0.4, -0.2) is 35.8 Å². The largest absolute Gasteiger partial charge is 0.493 e. The highest BCUT2D eigenvalue weighted by Crippen LogP contribution is 2.30. The zero-order valence-electron chi connectivity index (χ0n) is 16.8. The SMILES string of the molecule is COc1cc(CCC(=O)Nc2cnc(C(C)(C)C)nc2)ccc1OCC(F)(F)F. The fourth-order valence-electron chi connectivity index (χ4n) is 2.41. The molecule has 0 spiro atoms. The van der Waals surface area contributed by atoms with Gasteiger partial charge in [-0.15, -0.1) is 0 Å². The van der Waals surface area contributed by atoms with E-state index in [4.69, 9.17) is 9.47 Å². The van der Waals surface area contributed by atoms with Crippen molar-refractivity contribution < 1.29 is 27.4 Å². The number of nitrogens with one attached hydrogen (secondary N) is 1. The number of carbonyl (C=O) groups is 1. The van der Waals surface area contributed by atoms with Crippen molar-refractivity contribution in [2.24, 2.45) is 0 Å². The maximum Gasteiger partial charge on any atom is 0.422 e. The van der Waals surface area contributed by atoms with E-state index in [1.807, 2.05) is 20.8 Å². The molecular weight excluding hydrogens is 387 g/mol. The van der Waals surface area contributed by atoms with Gasteiger partial charge in [0.25, 0.3) is 0 Å². The smallest absolute Gasteiger partial charge is 0.422 e. The molecule has 0 aliphatic rings. The maximum atomic E-state index is 12.3. The minimum absolute atomic E-state index is 0.00545. The zero-order chi connectivity index (χ0) is 21.7. The summed E-state index contributed by atoms with van der Waals surface area (Å²) in [6, 6.07) is 4.56. The topological polar surface area (TPSA) is 73.3 Å². The number of rotatable bonds is 7. The molecule has 0 radical (unpaired) electrons. The number of ether oxygens (including phenoxy) is 2. The molecule has 1 N–H and O–H groups in total. The van der Waals surface area contributed by atoms with Crippen LogP contribution in [0.5, 0.6) is 11.5 Å². The number of amides is 1. The molecule has 1 aromatic carbocycles. The van der Waals surface area contributed by atoms with Crippen molar-refractivity contribution in [1.82, 2.24) is 9.97 Å². The van der Waals surface area contributed by atoms with Gasteiger partial charge in [-0.1, -0.05) is 26.8 Å². The molecule has 1 heterocycles. The minimum atomic E-state index is -4.43. The third-order valence-corrected chi connectivity index (χ3v) is 3.87. The van der Waals surface area contributed by atoms with Crippen molar-refractivity contribution in [2.75, 3.05) is 19.0 Å². The lowest BCUT2D eigenvalue weighted by Gasteiger charge is -2.16. The first-order chi connectivity index (χ1) is 13.5. The summed E-state index contributed by atoms with van der Waals surface area (Å²) in [5.41, 5.74) is 1.05. The fraction of sp³-hybridized carbons (Fsp3) is 0.450. The molecule has 1 amide bonds. The average molecular weight is 411 g/mol. The number of hydrogen-bond acceptors (Lipinski definition) is 5. The lowest BCUT2D eigenvalue weighted by Crippen LogP contribution is -2.19. The quantitative estimate of drug-likeness (QED) is 0.736. The summed E-state index contributed by atoms with van der Waals surface area (Å²) in [5.74, 6) is 0.622. The molecule has 0 fully saturated rings. The number of hydrogen-bond donors (Lipinski definition) is 1. The number of nitrogens with zero attached hydrogens (tertiary/aromatic N) is 2. The number of aryl methyl sites for hydroxylation is 1. The Kier molecular flexibility index (Phi) is 7.05. The van der Waals surface area contributed by atoms with Gasteiger partial charge in [0.15, 0.2) is 18.1 Å². The monoisotopic (exact) mass is 411 g/mol. The Morgan fingerprint density at radius 1 is 1.10 bits per heavy atom. The summed E-state index contributed by atoms with van der Waals surface area (Å²) in [7, 11) is 1.34. The van der Waals surface area contributed by atoms with Crippen LogP contribution >= 0.6 is 0 Å². The number of carbonyl (C=O) groups excluding carboxylic acids is 1. The van der Waals surface area contributed by atoms with E-state index >= 15 is 0 Å². The van der Waals surface area contributed by atoms with Gasteiger partial charge >= 0.3 is 6.18 Å². The van der Waals surface area contributed by atoms with Gasteiger partial charge in [-0.3, -0.25) is 4.79 Å². The summed E-state index contributed by atoms with van der Waals surface area (Å²) in [6.07, 6.45) is -0.769. The van der Waals surface area contributed by atoms with E-state index in [2.05, 4.69) is 15.3 Å². The van der Waals surface area contributed by atoms with Crippen molar-refractivity contribution in [3.63, 3.8) is 0 Å². The molecule has 0 atom stereocenters. The summed E-state index contributed by atoms with van der Waals surface area (Å²) in [4.78, 5) is 20.7. The molecule has 0 saturated carbocycles. The lowest BCUT2D eigenvalue weighted by atomic mass is 9.96. The second-order valence-electron chi connectivity index (χ2n) is 7.48. The first-order valence-corrected chi connectivity index (χ1v) is 8.97. The van der Waals surface area contributed by atoms with E-state index in [1.54, 1.807) is 24.5 Å². The van der Waals surface area contributed by atoms with Crippen LogP contribution in [0.3, 0.4) is 0 Å². The molecule has 1 aromatic heterocycles. The van der Waals surface area contributed by atoms with Crippen LogP contribution in [0, 0.1) is 0 Å². The van der Waals surface area contributed by atoms with Gasteiger partial charge < -0.3 is 14.8 Å². The zero-order valence-corrected chi connectivity index (χ0v) is 16.8. The molecule has 29 heavy (non-hydrogen) atoms. The lowest BCUT2D eigenvalue weighted by molar-refractivity contribution is -0.153. The molecule has 0 aliphatic heterocycles. The first kappa shape index (κ1) is 22.4. The molecule has 2 aromatic rings. The van der Waals surface area contributed by atoms with Crippen molar-refractivity contribution in [3.05, 3.63) is 42.0 Å². The summed E-state index contributed by atoms with van der Waals surface area (Å²) >= 11 is 0. The molecule has 9 heteroatoms. The molecule has 2 rings (SSSR count). The third kappa shape index (κ3) is 7.24. The number of benzene rings is 1. The van der Waals surface area contributed by atoms with Crippen molar-refractivity contribution in [1.29, 1.82) is 0 Å². The standard InChI is InChI=1S/C20H24F3N3O3/c1-19(2,3)18-24-10-14(11-25-18)26-17(27)8-6-13-5-7-15(16(9-13)28-4)29-12-20(21,22)23/h5,7,9-11H,6,8,12H2,1-4H3,(H,26,27). The molecule has 0 bridgehead atoms. The Balaban J connectivity index is 1.92. The van der Waals surface area contributed by atoms with Crippen molar-refractivity contribution >= 4 is 11.6 Å². The van der Waals surface area contributed by atoms with Gasteiger partial charge in [-0.05, 0) is 24.1 Å². The van der Waals surface area contributed by atoms with Gasteiger partial charge in [-0.25, -0.2) is 9.97 Å². The molecule has 158 valence electrons. The molecular formula is C20H24F3N3O3. The van der Waals surface area contributed by atoms with Gasteiger partial charge in [-0.2, -0.15) is 13.2 Å². The third-order valence-electron chi connectivity index (χ3n) is 3.87. The summed E-state index contributed by atoms with van der Waals surface area (Å²) < 4.78 is 46.7. The minimum Gasteiger partial charge on any atom is -0.493 e. The van der Waals surface area contributed by atoms with Crippen LogP contribution in [0.15, 0.2) is 30.6 Å². The maximum absolute atomic E-state index is 12.3. The van der Waals surface area contributed by atoms with Crippen LogP contribution in [0.25, 0.3) is 0 Å². The Morgan fingerprint density at radius 2 is 1.76 bits per heavy atom. The van der Waals surface area contributed by atoms with Crippen molar-refractivity contribution in [2.45, 2.75) is 45.2 Å². The van der Waals surface area contributed by atoms with Crippen LogP contribution in [-0.2, 0) is 16.6 Å². The number of anilines is 1. The number of alkyl halides is 3. The van der Waals surface area contributed by atoms with Gasteiger partial charge in [0, 0.05) is 11.8 Å². The van der Waals surface area contributed by atoms with E-state index in [9.17, 15) is 18.0 Å². The first-order valence-electron chi connectivity index (χ1n) is 8.97. The predicted octanol–water partition coefficient (Wildman–Crippen LogP) is 4.30. The highest BCUT2D eigenvalue weighted by molar-refractivity contribution is 5.90. The Labute approximate surface area is 167 Å². The second-order valence-corrected chi connectivity index (χ2v) is 7.48. The van der Waals surface area contributed by atoms with Gasteiger partial charge in [0.1, 0.15) is 5.82 Å².